The highest BCUT2D eigenvalue weighted by atomic mass is 32.2. The predicted molar refractivity (Wildman–Crippen MR) is 114 cm³/mol. The summed E-state index contributed by atoms with van der Waals surface area (Å²) in [5.41, 5.74) is 1.02. The molecule has 0 amide bonds. The van der Waals surface area contributed by atoms with Crippen molar-refractivity contribution in [2.45, 2.75) is 16.7 Å². The van der Waals surface area contributed by atoms with Crippen LogP contribution >= 0.6 is 0 Å². The molecule has 160 valence electrons. The van der Waals surface area contributed by atoms with Crippen LogP contribution in [0.15, 0.2) is 82.6 Å². The lowest BCUT2D eigenvalue weighted by atomic mass is 10.2. The number of methoxy groups -OCH3 is 1. The van der Waals surface area contributed by atoms with Gasteiger partial charge in [0.05, 0.1) is 23.2 Å². The maximum atomic E-state index is 12.6. The number of benzene rings is 3. The van der Waals surface area contributed by atoms with Gasteiger partial charge in [0.1, 0.15) is 17.2 Å². The third-order valence-corrected chi connectivity index (χ3v) is 5.55. The lowest BCUT2D eigenvalue weighted by molar-refractivity contribution is 0.413. The first-order valence-corrected chi connectivity index (χ1v) is 12.0. The van der Waals surface area contributed by atoms with E-state index in [1.807, 2.05) is 6.92 Å². The fraction of sp³-hybridized carbons (Fsp3) is 0.143. The minimum Gasteiger partial charge on any atom is -0.497 e. The van der Waals surface area contributed by atoms with E-state index in [1.54, 1.807) is 79.9 Å². The molecule has 3 aromatic carbocycles. The minimum atomic E-state index is -3.67. The summed E-state index contributed by atoms with van der Waals surface area (Å²) in [5.74, 6) is 1.95. The Morgan fingerprint density at radius 2 is 1.00 bits per heavy atom. The van der Waals surface area contributed by atoms with Gasteiger partial charge in [0.15, 0.2) is 0 Å². The van der Waals surface area contributed by atoms with Gasteiger partial charge in [-0.05, 0) is 67.6 Å². The Morgan fingerprint density at radius 3 is 1.40 bits per heavy atom. The minimum absolute atomic E-state index is 0.235. The van der Waals surface area contributed by atoms with Crippen molar-refractivity contribution in [2.24, 2.45) is 0 Å². The van der Waals surface area contributed by atoms with E-state index < -0.39 is 20.0 Å². The molecule has 3 rings (SSSR count). The number of hydrogen-bond acceptors (Lipinski definition) is 6. The van der Waals surface area contributed by atoms with Crippen LogP contribution in [0.2, 0.25) is 0 Å². The van der Waals surface area contributed by atoms with Gasteiger partial charge in [0.2, 0.25) is 9.84 Å². The molecule has 0 unspecified atom stereocenters. The largest absolute Gasteiger partial charge is 0.497 e. The zero-order chi connectivity index (χ0) is 22.4. The smallest absolute Gasteiger partial charge is 0.261 e. The summed E-state index contributed by atoms with van der Waals surface area (Å²) >= 11 is 0. The van der Waals surface area contributed by atoms with Crippen molar-refractivity contribution in [3.05, 3.63) is 78.4 Å². The van der Waals surface area contributed by atoms with Crippen LogP contribution in [-0.2, 0) is 20.0 Å². The highest BCUT2D eigenvalue weighted by molar-refractivity contribution is 7.91. The highest BCUT2D eigenvalue weighted by Crippen LogP contribution is 2.27. The van der Waals surface area contributed by atoms with Gasteiger partial charge in [-0.25, -0.2) is 8.42 Å². The van der Waals surface area contributed by atoms with E-state index in [2.05, 4.69) is 0 Å². The molecule has 0 aliphatic heterocycles. The first-order chi connectivity index (χ1) is 14.0. The van der Waals surface area contributed by atoms with E-state index in [-0.39, 0.29) is 9.79 Å². The lowest BCUT2D eigenvalue weighted by Crippen LogP contribution is -2.01. The average molecular weight is 451 g/mol. The van der Waals surface area contributed by atoms with Crippen LogP contribution in [0.3, 0.4) is 0 Å². The van der Waals surface area contributed by atoms with Gasteiger partial charge in [0.25, 0.3) is 10.1 Å². The number of hydrogen-bond donors (Lipinski definition) is 1. The van der Waals surface area contributed by atoms with Gasteiger partial charge in [-0.2, -0.15) is 8.42 Å². The second kappa shape index (κ2) is 9.75. The number of sulfone groups is 1. The predicted octanol–water partition coefficient (Wildman–Crippen LogP) is 4.13. The third kappa shape index (κ3) is 7.18. The van der Waals surface area contributed by atoms with E-state index in [9.17, 15) is 16.8 Å². The molecule has 3 aromatic rings. The molecule has 30 heavy (non-hydrogen) atoms. The van der Waals surface area contributed by atoms with Gasteiger partial charge in [-0.15, -0.1) is 0 Å². The standard InChI is InChI=1S/C20H18O4S.CH4O3S/c1-15-3-11-19(12-4-15)25(21,22)20-13-9-18(10-14-20)24-17-7-5-16(23-2)6-8-17;1-5(2,3)4/h3-14H,1-2H3;1H3,(H,2,3,4). The molecule has 0 aliphatic carbocycles. The van der Waals surface area contributed by atoms with Gasteiger partial charge in [-0.1, -0.05) is 17.7 Å². The van der Waals surface area contributed by atoms with E-state index in [1.165, 1.54) is 0 Å². The second-order valence-corrected chi connectivity index (χ2v) is 9.71. The van der Waals surface area contributed by atoms with Crippen LogP contribution in [0.5, 0.6) is 17.2 Å². The monoisotopic (exact) mass is 450 g/mol. The van der Waals surface area contributed by atoms with Crippen LogP contribution in [0, 0.1) is 6.92 Å². The van der Waals surface area contributed by atoms with Crippen LogP contribution in [-0.4, -0.2) is 34.8 Å². The summed E-state index contributed by atoms with van der Waals surface area (Å²) in [5, 5.41) is 0. The van der Waals surface area contributed by atoms with Crippen molar-refractivity contribution in [3.8, 4) is 17.2 Å². The van der Waals surface area contributed by atoms with Crippen molar-refractivity contribution in [2.75, 3.05) is 13.4 Å². The van der Waals surface area contributed by atoms with Crippen LogP contribution in [0.25, 0.3) is 0 Å². The highest BCUT2D eigenvalue weighted by Gasteiger charge is 2.17. The Hall–Kier alpha value is -2.88. The Balaban J connectivity index is 0.000000575. The molecule has 7 nitrogen and oxygen atoms in total. The molecule has 0 bridgehead atoms. The maximum absolute atomic E-state index is 12.6. The van der Waals surface area contributed by atoms with E-state index in [4.69, 9.17) is 14.0 Å². The zero-order valence-electron chi connectivity index (χ0n) is 16.6. The quantitative estimate of drug-likeness (QED) is 0.582. The van der Waals surface area contributed by atoms with E-state index in [0.717, 1.165) is 11.3 Å². The third-order valence-electron chi connectivity index (χ3n) is 3.76. The molecule has 0 saturated carbocycles. The van der Waals surface area contributed by atoms with Crippen LogP contribution < -0.4 is 9.47 Å². The molecule has 0 spiro atoms. The van der Waals surface area contributed by atoms with Gasteiger partial charge in [0, 0.05) is 0 Å². The Labute approximate surface area is 176 Å². The van der Waals surface area contributed by atoms with Gasteiger partial charge in [-0.3, -0.25) is 4.55 Å². The summed E-state index contributed by atoms with van der Waals surface area (Å²) in [7, 11) is -5.59. The van der Waals surface area contributed by atoms with Gasteiger partial charge < -0.3 is 9.47 Å². The molecular formula is C21H22O7S2. The first kappa shape index (κ1) is 23.4. The lowest BCUT2D eigenvalue weighted by Gasteiger charge is -2.08. The Bertz CT molecular complexity index is 1160. The van der Waals surface area contributed by atoms with E-state index in [0.29, 0.717) is 17.8 Å². The summed E-state index contributed by atoms with van der Waals surface area (Å²) in [4.78, 5) is 0.514. The van der Waals surface area contributed by atoms with Gasteiger partial charge >= 0.3 is 0 Å². The molecule has 0 atom stereocenters. The summed E-state index contributed by atoms with van der Waals surface area (Å²) < 4.78 is 61.9. The molecule has 0 fully saturated rings. The molecule has 0 aromatic heterocycles. The van der Waals surface area contributed by atoms with Crippen molar-refractivity contribution in [3.63, 3.8) is 0 Å². The van der Waals surface area contributed by atoms with Crippen LogP contribution in [0.1, 0.15) is 5.56 Å². The molecule has 0 aliphatic rings. The fourth-order valence-corrected chi connectivity index (χ4v) is 3.58. The van der Waals surface area contributed by atoms with Crippen molar-refractivity contribution in [1.29, 1.82) is 0 Å². The Morgan fingerprint density at radius 1 is 0.667 bits per heavy atom. The molecule has 0 radical (unpaired) electrons. The zero-order valence-corrected chi connectivity index (χ0v) is 18.3. The molecule has 1 N–H and O–H groups in total. The maximum Gasteiger partial charge on any atom is 0.261 e. The van der Waals surface area contributed by atoms with Crippen LogP contribution in [0.4, 0.5) is 0 Å². The second-order valence-electron chi connectivity index (χ2n) is 6.30. The fourth-order valence-electron chi connectivity index (χ4n) is 2.32. The number of rotatable bonds is 5. The normalized spacial score (nSPS) is 11.2. The SMILES string of the molecule is COc1ccc(Oc2ccc(S(=O)(=O)c3ccc(C)cc3)cc2)cc1.CS(=O)(=O)O. The van der Waals surface area contributed by atoms with Crippen molar-refractivity contribution >= 4 is 20.0 Å². The summed E-state index contributed by atoms with van der Waals surface area (Å²) in [6.45, 7) is 1.92. The van der Waals surface area contributed by atoms with Crippen molar-refractivity contribution < 1.29 is 30.9 Å². The summed E-state index contributed by atoms with van der Waals surface area (Å²) in [6.07, 6.45) is 0.715. The number of aryl methyl sites for hydroxylation is 1. The molecule has 0 heterocycles. The molecular weight excluding hydrogens is 428 g/mol. The van der Waals surface area contributed by atoms with E-state index >= 15 is 0 Å². The average Bonchev–Trinajstić information content (AvgIpc) is 2.68. The molecule has 9 heteroatoms. The van der Waals surface area contributed by atoms with Crippen molar-refractivity contribution in [1.82, 2.24) is 0 Å². The first-order valence-electron chi connectivity index (χ1n) is 8.65. The Kier molecular flexibility index (Phi) is 7.60. The topological polar surface area (TPSA) is 107 Å². The summed E-state index contributed by atoms with van der Waals surface area (Å²) in [6, 6.07) is 20.4. The molecule has 0 saturated heterocycles. The number of ether oxygens (including phenoxy) is 2.